The Bertz CT molecular complexity index is 215. The Hall–Kier alpha value is 0.474. The van der Waals surface area contributed by atoms with Crippen molar-refractivity contribution in [2.75, 3.05) is 0 Å². The van der Waals surface area contributed by atoms with Crippen molar-refractivity contribution in [3.8, 4) is 0 Å². The van der Waals surface area contributed by atoms with E-state index in [0.29, 0.717) is 0 Å². The van der Waals surface area contributed by atoms with Gasteiger partial charge in [0, 0.05) is 0 Å². The van der Waals surface area contributed by atoms with Gasteiger partial charge >= 0.3 is 65.2 Å². The number of rotatable bonds is 1. The van der Waals surface area contributed by atoms with E-state index in [1.165, 1.54) is 0 Å². The molecule has 0 heterocycles. The molecule has 0 amide bonds. The molecule has 0 aliphatic rings. The van der Waals surface area contributed by atoms with E-state index in [4.69, 9.17) is 0 Å². The summed E-state index contributed by atoms with van der Waals surface area (Å²) in [5.74, 6) is 0. The predicted octanol–water partition coefficient (Wildman–Crippen LogP) is -7.61. The topological polar surface area (TPSA) is 17.1 Å². The molecule has 0 aliphatic heterocycles. The second kappa shape index (κ2) is 9.56. The van der Waals surface area contributed by atoms with E-state index in [1.807, 2.05) is 30.3 Å². The molecule has 0 fully saturated rings. The number of carbonyl (C=O) groups is 1. The first-order valence-electron chi connectivity index (χ1n) is 2.61. The van der Waals surface area contributed by atoms with Crippen LogP contribution in [0, 0.1) is 0 Å². The van der Waals surface area contributed by atoms with Gasteiger partial charge in [0.1, 0.15) is 0 Å². The minimum atomic E-state index is 0. The summed E-state index contributed by atoms with van der Waals surface area (Å²) in [7, 11) is 0. The molecule has 1 aromatic carbocycles. The molecule has 1 nitrogen and oxygen atoms in total. The molecular formula is C7H5Cl3OTi. The molecule has 12 heavy (non-hydrogen) atoms. The Morgan fingerprint density at radius 2 is 1.42 bits per heavy atom. The molecule has 0 spiro atoms. The summed E-state index contributed by atoms with van der Waals surface area (Å²) in [5, 5.41) is 0. The van der Waals surface area contributed by atoms with Crippen molar-refractivity contribution < 1.29 is 62.5 Å². The fourth-order valence-electron chi connectivity index (χ4n) is 0.590. The van der Waals surface area contributed by atoms with Crippen LogP contribution in [0.4, 0.5) is 0 Å². The second-order valence-corrected chi connectivity index (χ2v) is 2.40. The molecule has 0 radical (unpaired) electrons. The zero-order valence-electron chi connectivity index (χ0n) is 5.93. The van der Waals surface area contributed by atoms with Gasteiger partial charge in [-0.05, 0) is 0 Å². The van der Waals surface area contributed by atoms with Gasteiger partial charge in [0.25, 0.3) is 0 Å². The molecule has 0 aliphatic carbocycles. The monoisotopic (exact) mass is 258 g/mol. The summed E-state index contributed by atoms with van der Waals surface area (Å²) in [5.41, 5.74) is 0.775. The van der Waals surface area contributed by atoms with E-state index < -0.39 is 0 Å². The quantitative estimate of drug-likeness (QED) is 0.458. The molecule has 64 valence electrons. The number of benzene rings is 1. The standard InChI is InChI=1S/C7H5O.3ClH.Ti/c8-6-7-4-2-1-3-5-7;;;;/h1-5H;3*1H;/q;;;;+3/p-3. The van der Waals surface area contributed by atoms with Crippen LogP contribution in [0.5, 0.6) is 0 Å². The van der Waals surface area contributed by atoms with E-state index >= 15 is 0 Å². The summed E-state index contributed by atoms with van der Waals surface area (Å²) in [6, 6.07) is 9.23. The Balaban J connectivity index is -0.000000270. The van der Waals surface area contributed by atoms with Gasteiger partial charge in [-0.1, -0.05) is 0 Å². The summed E-state index contributed by atoms with van der Waals surface area (Å²) < 4.78 is 0.121. The first kappa shape index (κ1) is 18.3. The van der Waals surface area contributed by atoms with E-state index in [0.717, 1.165) is 5.56 Å². The average Bonchev–Trinajstić information content (AvgIpc) is 1.90. The van der Waals surface area contributed by atoms with Gasteiger partial charge in [0.2, 0.25) is 0 Å². The van der Waals surface area contributed by atoms with Crippen LogP contribution < -0.4 is 37.2 Å². The Morgan fingerprint density at radius 3 is 1.67 bits per heavy atom. The third kappa shape index (κ3) is 6.04. The number of carbonyl (C=O) groups excluding carboxylic acids is 1. The van der Waals surface area contributed by atoms with Crippen molar-refractivity contribution in [1.29, 1.82) is 0 Å². The number of hydrogen-bond acceptors (Lipinski definition) is 1. The molecule has 1 aromatic rings. The SMILES string of the molecule is O=[C]([Ti+3])c1ccccc1.[Cl-].[Cl-].[Cl-]. The summed E-state index contributed by atoms with van der Waals surface area (Å²) >= 11 is 1.56. The molecule has 0 unspecified atom stereocenters. The van der Waals surface area contributed by atoms with Crippen LogP contribution in [0.2, 0.25) is 0 Å². The summed E-state index contributed by atoms with van der Waals surface area (Å²) in [4.78, 5) is 10.6. The van der Waals surface area contributed by atoms with Crippen LogP contribution in [0.15, 0.2) is 30.3 Å². The Labute approximate surface area is 102 Å². The van der Waals surface area contributed by atoms with Crippen molar-refractivity contribution in [1.82, 2.24) is 0 Å². The van der Waals surface area contributed by atoms with Crippen LogP contribution >= 0.6 is 0 Å². The third-order valence-electron chi connectivity index (χ3n) is 1.04. The van der Waals surface area contributed by atoms with Crippen molar-refractivity contribution in [2.24, 2.45) is 0 Å². The second-order valence-electron chi connectivity index (χ2n) is 1.70. The maximum atomic E-state index is 10.6. The van der Waals surface area contributed by atoms with E-state index in [9.17, 15) is 4.79 Å². The Morgan fingerprint density at radius 1 is 1.00 bits per heavy atom. The molecule has 0 saturated carbocycles. The van der Waals surface area contributed by atoms with Crippen LogP contribution in [0.3, 0.4) is 0 Å². The molecule has 1 rings (SSSR count). The van der Waals surface area contributed by atoms with Crippen molar-refractivity contribution in [3.05, 3.63) is 35.9 Å². The van der Waals surface area contributed by atoms with E-state index in [2.05, 4.69) is 0 Å². The summed E-state index contributed by atoms with van der Waals surface area (Å²) in [6.07, 6.45) is 0. The molecule has 0 N–H and O–H groups in total. The van der Waals surface area contributed by atoms with Crippen LogP contribution in [0.1, 0.15) is 10.4 Å². The van der Waals surface area contributed by atoms with Gasteiger partial charge in [0.15, 0.2) is 0 Å². The number of halogens is 3. The van der Waals surface area contributed by atoms with Gasteiger partial charge in [0.05, 0.1) is 0 Å². The zero-order valence-corrected chi connectivity index (χ0v) is 9.76. The van der Waals surface area contributed by atoms with Crippen LogP contribution in [0.25, 0.3) is 0 Å². The van der Waals surface area contributed by atoms with E-state index in [-0.39, 0.29) is 41.3 Å². The normalized spacial score (nSPS) is 6.83. The minimum Gasteiger partial charge on any atom is -1.00 e. The maximum Gasteiger partial charge on any atom is -1.00 e. The minimum absolute atomic E-state index is 0. The molecule has 0 aromatic heterocycles. The van der Waals surface area contributed by atoms with Crippen molar-refractivity contribution in [3.63, 3.8) is 0 Å². The van der Waals surface area contributed by atoms with Gasteiger partial charge in [-0.15, -0.1) is 0 Å². The fraction of sp³-hybridized carbons (Fsp3) is 0. The van der Waals surface area contributed by atoms with Crippen molar-refractivity contribution >= 4 is 4.09 Å². The van der Waals surface area contributed by atoms with Gasteiger partial charge in [-0.25, -0.2) is 0 Å². The fourth-order valence-corrected chi connectivity index (χ4v) is 0.850. The van der Waals surface area contributed by atoms with Crippen molar-refractivity contribution in [2.45, 2.75) is 0 Å². The van der Waals surface area contributed by atoms with Gasteiger partial charge in [-0.3, -0.25) is 0 Å². The maximum absolute atomic E-state index is 10.6. The molecule has 0 atom stereocenters. The first-order valence-corrected chi connectivity index (χ1v) is 3.40. The van der Waals surface area contributed by atoms with Gasteiger partial charge < -0.3 is 37.2 Å². The molecular weight excluding hydrogens is 254 g/mol. The van der Waals surface area contributed by atoms with Crippen LogP contribution in [-0.2, 0) is 20.4 Å². The predicted molar refractivity (Wildman–Crippen MR) is 30.8 cm³/mol. The third-order valence-corrected chi connectivity index (χ3v) is 1.49. The molecule has 0 saturated heterocycles. The number of hydrogen-bond donors (Lipinski definition) is 0. The van der Waals surface area contributed by atoms with Crippen LogP contribution in [-0.4, -0.2) is 4.09 Å². The average molecular weight is 259 g/mol. The molecule has 0 bridgehead atoms. The zero-order chi connectivity index (χ0) is 6.69. The Kier molecular flexibility index (Phi) is 14.6. The summed E-state index contributed by atoms with van der Waals surface area (Å²) in [6.45, 7) is 0. The first-order chi connectivity index (χ1) is 4.30. The smallest absolute Gasteiger partial charge is 1.00 e. The van der Waals surface area contributed by atoms with Gasteiger partial charge in [-0.2, -0.15) is 0 Å². The molecule has 5 heteroatoms. The largest absolute Gasteiger partial charge is 1.00 e. The van der Waals surface area contributed by atoms with E-state index in [1.54, 1.807) is 20.4 Å².